The smallest absolute Gasteiger partial charge is 0.338 e. The Morgan fingerprint density at radius 1 is 1.20 bits per heavy atom. The van der Waals surface area contributed by atoms with Gasteiger partial charge in [-0.05, 0) is 19.9 Å². The monoisotopic (exact) mass is 283 g/mol. The molecule has 0 saturated carbocycles. The summed E-state index contributed by atoms with van der Waals surface area (Å²) in [5.74, 6) is -0.756. The lowest BCUT2D eigenvalue weighted by Crippen LogP contribution is -2.04. The molecule has 0 N–H and O–H groups in total. The average molecular weight is 283 g/mol. The molecule has 0 aliphatic rings. The van der Waals surface area contributed by atoms with Gasteiger partial charge in [-0.2, -0.15) is 0 Å². The minimum absolute atomic E-state index is 0.115. The average Bonchev–Trinajstić information content (AvgIpc) is 2.39. The largest absolute Gasteiger partial charge is 0.466 e. The number of carbonyl (C=O) groups excluding carboxylic acids is 2. The molecule has 0 heterocycles. The van der Waals surface area contributed by atoms with Gasteiger partial charge in [0.05, 0.1) is 23.7 Å². The van der Waals surface area contributed by atoms with Crippen LogP contribution in [0.2, 0.25) is 0 Å². The van der Waals surface area contributed by atoms with Crippen molar-refractivity contribution in [1.82, 2.24) is 0 Å². The molecule has 0 atom stereocenters. The highest BCUT2D eigenvalue weighted by Crippen LogP contribution is 2.13. The molecular weight excluding hydrogens is 266 g/mol. The predicted molar refractivity (Wildman–Crippen MR) is 71.4 cm³/mol. The van der Waals surface area contributed by atoms with E-state index in [0.717, 1.165) is 0 Å². The Hall–Kier alpha value is -2.44. The maximum Gasteiger partial charge on any atom is 0.338 e. The maximum atomic E-state index is 11.2. The van der Waals surface area contributed by atoms with Gasteiger partial charge in [-0.15, -0.1) is 0 Å². The number of esters is 2. The number of non-ortho nitro benzene ring substituents is 1. The first kappa shape index (κ1) is 17.6. The molecule has 0 bridgehead atoms. The van der Waals surface area contributed by atoms with Crippen molar-refractivity contribution in [3.8, 4) is 0 Å². The summed E-state index contributed by atoms with van der Waals surface area (Å²) in [6.07, 6.45) is 0. The fourth-order valence-corrected chi connectivity index (χ4v) is 1.16. The van der Waals surface area contributed by atoms with Crippen LogP contribution in [0.5, 0.6) is 0 Å². The van der Waals surface area contributed by atoms with Gasteiger partial charge in [-0.3, -0.25) is 14.9 Å². The number of ether oxygens (including phenoxy) is 2. The Labute approximate surface area is 116 Å². The van der Waals surface area contributed by atoms with Gasteiger partial charge in [0.25, 0.3) is 5.69 Å². The van der Waals surface area contributed by atoms with Crippen LogP contribution in [0, 0.1) is 10.1 Å². The lowest BCUT2D eigenvalue weighted by molar-refractivity contribution is -0.384. The van der Waals surface area contributed by atoms with E-state index in [2.05, 4.69) is 4.74 Å². The molecule has 0 aliphatic heterocycles. The number of nitrogens with zero attached hydrogens (tertiary/aromatic N) is 1. The van der Waals surface area contributed by atoms with Crippen LogP contribution in [0.1, 0.15) is 31.1 Å². The number of nitro benzene ring substituents is 1. The second-order valence-corrected chi connectivity index (χ2v) is 3.45. The molecule has 0 aromatic heterocycles. The van der Waals surface area contributed by atoms with E-state index in [1.165, 1.54) is 31.2 Å². The third-order valence-electron chi connectivity index (χ3n) is 1.92. The first-order valence-corrected chi connectivity index (χ1v) is 5.97. The quantitative estimate of drug-likeness (QED) is 0.478. The molecule has 7 heteroatoms. The number of carbonyl (C=O) groups is 2. The summed E-state index contributed by atoms with van der Waals surface area (Å²) in [5.41, 5.74) is 0.0802. The van der Waals surface area contributed by atoms with Gasteiger partial charge < -0.3 is 9.47 Å². The minimum Gasteiger partial charge on any atom is -0.466 e. The zero-order chi connectivity index (χ0) is 15.5. The second-order valence-electron chi connectivity index (χ2n) is 3.45. The van der Waals surface area contributed by atoms with Crippen molar-refractivity contribution < 1.29 is 24.0 Å². The van der Waals surface area contributed by atoms with Gasteiger partial charge in [0, 0.05) is 19.1 Å². The topological polar surface area (TPSA) is 95.7 Å². The van der Waals surface area contributed by atoms with Crippen molar-refractivity contribution in [3.63, 3.8) is 0 Å². The predicted octanol–water partition coefficient (Wildman–Crippen LogP) is 2.34. The summed E-state index contributed by atoms with van der Waals surface area (Å²) in [6, 6.07) is 5.44. The number of hydrogen-bond donors (Lipinski definition) is 0. The van der Waals surface area contributed by atoms with Gasteiger partial charge in [-0.25, -0.2) is 4.79 Å². The summed E-state index contributed by atoms with van der Waals surface area (Å²) < 4.78 is 9.10. The third-order valence-corrected chi connectivity index (χ3v) is 1.92. The maximum absolute atomic E-state index is 11.2. The van der Waals surface area contributed by atoms with Crippen molar-refractivity contribution in [1.29, 1.82) is 0 Å². The van der Waals surface area contributed by atoms with Crippen molar-refractivity contribution in [2.24, 2.45) is 0 Å². The molecular formula is C13H17NO6. The molecule has 0 fully saturated rings. The van der Waals surface area contributed by atoms with Gasteiger partial charge in [0.15, 0.2) is 0 Å². The lowest BCUT2D eigenvalue weighted by atomic mass is 10.2. The summed E-state index contributed by atoms with van der Waals surface area (Å²) in [6.45, 7) is 5.58. The highest BCUT2D eigenvalue weighted by Gasteiger charge is 2.11. The molecule has 7 nitrogen and oxygen atoms in total. The van der Waals surface area contributed by atoms with Crippen LogP contribution < -0.4 is 0 Å². The zero-order valence-corrected chi connectivity index (χ0v) is 11.6. The normalized spacial score (nSPS) is 8.95. The molecule has 0 saturated heterocycles. The van der Waals surface area contributed by atoms with Gasteiger partial charge in [-0.1, -0.05) is 6.07 Å². The van der Waals surface area contributed by atoms with Crippen LogP contribution in [0.3, 0.4) is 0 Å². The van der Waals surface area contributed by atoms with Crippen molar-refractivity contribution in [3.05, 3.63) is 39.9 Å². The van der Waals surface area contributed by atoms with Crippen molar-refractivity contribution in [2.45, 2.75) is 20.8 Å². The zero-order valence-electron chi connectivity index (χ0n) is 11.6. The number of nitro groups is 1. The van der Waals surface area contributed by atoms with Gasteiger partial charge in [0.1, 0.15) is 0 Å². The van der Waals surface area contributed by atoms with E-state index < -0.39 is 10.9 Å². The number of benzene rings is 1. The first-order chi connectivity index (χ1) is 9.42. The second kappa shape index (κ2) is 9.48. The Kier molecular flexibility index (Phi) is 8.33. The molecule has 1 aromatic carbocycles. The number of rotatable bonds is 4. The minimum atomic E-state index is -0.553. The number of hydrogen-bond acceptors (Lipinski definition) is 6. The summed E-state index contributed by atoms with van der Waals surface area (Å²) in [5, 5.41) is 10.4. The van der Waals surface area contributed by atoms with E-state index in [-0.39, 0.29) is 23.8 Å². The van der Waals surface area contributed by atoms with E-state index in [9.17, 15) is 19.7 Å². The first-order valence-electron chi connectivity index (χ1n) is 5.97. The van der Waals surface area contributed by atoms with Crippen molar-refractivity contribution >= 4 is 17.6 Å². The fraction of sp³-hybridized carbons (Fsp3) is 0.385. The Bertz CT molecular complexity index is 472. The molecule has 1 rings (SSSR count). The Morgan fingerprint density at radius 2 is 1.80 bits per heavy atom. The molecule has 0 unspecified atom stereocenters. The standard InChI is InChI=1S/C9H9NO4.C4H8O2/c1-2-14-9(11)7-4-3-5-8(6-7)10(12)13;1-3-6-4(2)5/h3-6H,2H2,1H3;3H2,1-2H3. The molecule has 0 spiro atoms. The Morgan fingerprint density at radius 3 is 2.20 bits per heavy atom. The highest BCUT2D eigenvalue weighted by atomic mass is 16.6. The molecule has 0 aliphatic carbocycles. The van der Waals surface area contributed by atoms with Crippen LogP contribution in [0.4, 0.5) is 5.69 Å². The van der Waals surface area contributed by atoms with Crippen molar-refractivity contribution in [2.75, 3.05) is 13.2 Å². The lowest BCUT2D eigenvalue weighted by Gasteiger charge is -2.00. The van der Waals surface area contributed by atoms with Crippen LogP contribution in [-0.2, 0) is 14.3 Å². The summed E-state index contributed by atoms with van der Waals surface area (Å²) in [7, 11) is 0. The Balaban J connectivity index is 0.000000511. The fourth-order valence-electron chi connectivity index (χ4n) is 1.16. The van der Waals surface area contributed by atoms with Crippen LogP contribution >= 0.6 is 0 Å². The molecule has 0 amide bonds. The molecule has 0 radical (unpaired) electrons. The summed E-state index contributed by atoms with van der Waals surface area (Å²) >= 11 is 0. The molecule has 110 valence electrons. The van der Waals surface area contributed by atoms with Crippen LogP contribution in [0.25, 0.3) is 0 Å². The summed E-state index contributed by atoms with van der Waals surface area (Å²) in [4.78, 5) is 30.8. The van der Waals surface area contributed by atoms with E-state index in [1.54, 1.807) is 13.8 Å². The molecule has 20 heavy (non-hydrogen) atoms. The van der Waals surface area contributed by atoms with Gasteiger partial charge >= 0.3 is 11.9 Å². The van der Waals surface area contributed by atoms with Gasteiger partial charge in [0.2, 0.25) is 0 Å². The van der Waals surface area contributed by atoms with E-state index in [4.69, 9.17) is 4.74 Å². The van der Waals surface area contributed by atoms with Crippen LogP contribution in [0.15, 0.2) is 24.3 Å². The van der Waals surface area contributed by atoms with E-state index >= 15 is 0 Å². The highest BCUT2D eigenvalue weighted by molar-refractivity contribution is 5.90. The van der Waals surface area contributed by atoms with Crippen LogP contribution in [-0.4, -0.2) is 30.1 Å². The third kappa shape index (κ3) is 7.10. The van der Waals surface area contributed by atoms with E-state index in [0.29, 0.717) is 6.61 Å². The molecule has 1 aromatic rings. The SMILES string of the molecule is CCOC(=O)c1cccc([N+](=O)[O-])c1.CCOC(C)=O. The van der Waals surface area contributed by atoms with E-state index in [1.807, 2.05) is 0 Å².